The second-order valence-corrected chi connectivity index (χ2v) is 11.1. The SMILES string of the molecule is O=C(Nc1cnc2ccccc2c1)c1c2ncnn(N3CCN(CCc4ccc(F)c(F)c4)CC3)c-2c2c1CCCC2. The third kappa shape index (κ3) is 4.96. The molecule has 0 saturated carbocycles. The lowest BCUT2D eigenvalue weighted by Crippen LogP contribution is -2.52. The highest BCUT2D eigenvalue weighted by molar-refractivity contribution is 6.11. The van der Waals surface area contributed by atoms with Crippen molar-refractivity contribution in [1.29, 1.82) is 0 Å². The molecule has 0 atom stereocenters. The Kier molecular flexibility index (Phi) is 6.99. The van der Waals surface area contributed by atoms with Crippen LogP contribution < -0.4 is 10.3 Å². The summed E-state index contributed by atoms with van der Waals surface area (Å²) in [4.78, 5) is 27.2. The molecule has 3 aromatic rings. The number of pyridine rings is 1. The molecule has 1 amide bonds. The van der Waals surface area contributed by atoms with Crippen molar-refractivity contribution in [2.24, 2.45) is 0 Å². The molecule has 4 aliphatic rings. The van der Waals surface area contributed by atoms with Gasteiger partial charge in [-0.25, -0.2) is 13.8 Å². The second-order valence-electron chi connectivity index (χ2n) is 11.1. The summed E-state index contributed by atoms with van der Waals surface area (Å²) in [6.45, 7) is 3.89. The largest absolute Gasteiger partial charge is 0.320 e. The van der Waals surface area contributed by atoms with Crippen LogP contribution >= 0.6 is 0 Å². The van der Waals surface area contributed by atoms with Crippen LogP contribution in [0.1, 0.15) is 39.9 Å². The number of benzene rings is 2. The molecule has 8 nitrogen and oxygen atoms in total. The molecule has 1 aromatic heterocycles. The first-order valence-corrected chi connectivity index (χ1v) is 14.5. The number of carbonyl (C=O) groups is 1. The Bertz CT molecular complexity index is 1740. The van der Waals surface area contributed by atoms with E-state index >= 15 is 0 Å². The standard InChI is InChI=1S/C32H31F2N7O/c33-26-10-9-21(17-27(26)34)11-12-39-13-15-40(16-14-39)41-31-25-7-3-2-6-24(25)29(30(31)36-20-37-41)32(42)38-23-18-22-5-1-4-8-28(22)35-19-23/h1,4-5,8-10,17-20H,2-3,6-7,11-16H2,(H,38,42). The molecule has 1 fully saturated rings. The fourth-order valence-corrected chi connectivity index (χ4v) is 6.30. The molecule has 3 heterocycles. The minimum Gasteiger partial charge on any atom is -0.320 e. The number of hydrogen-bond acceptors (Lipinski definition) is 6. The monoisotopic (exact) mass is 567 g/mol. The summed E-state index contributed by atoms with van der Waals surface area (Å²) in [5.41, 5.74) is 6.80. The minimum absolute atomic E-state index is 0.174. The van der Waals surface area contributed by atoms with Gasteiger partial charge < -0.3 is 5.32 Å². The van der Waals surface area contributed by atoms with Crippen LogP contribution in [0.3, 0.4) is 0 Å². The number of fused-ring (bicyclic) bond motifs is 4. The molecule has 2 aliphatic heterocycles. The highest BCUT2D eigenvalue weighted by Crippen LogP contribution is 2.40. The summed E-state index contributed by atoms with van der Waals surface area (Å²) in [5, 5.41) is 10.9. The summed E-state index contributed by atoms with van der Waals surface area (Å²) in [6, 6.07) is 13.9. The van der Waals surface area contributed by atoms with E-state index in [2.05, 4.69) is 30.3 Å². The first-order valence-electron chi connectivity index (χ1n) is 14.5. The maximum atomic E-state index is 13.8. The molecule has 10 heteroatoms. The van der Waals surface area contributed by atoms with Gasteiger partial charge in [0.2, 0.25) is 0 Å². The normalized spacial score (nSPS) is 15.7. The molecule has 1 saturated heterocycles. The van der Waals surface area contributed by atoms with Crippen LogP contribution in [-0.2, 0) is 19.3 Å². The van der Waals surface area contributed by atoms with Gasteiger partial charge in [0.05, 0.1) is 23.0 Å². The van der Waals surface area contributed by atoms with E-state index in [1.807, 2.05) is 35.1 Å². The van der Waals surface area contributed by atoms with Crippen LogP contribution in [0.15, 0.2) is 61.1 Å². The predicted molar refractivity (Wildman–Crippen MR) is 157 cm³/mol. The molecule has 0 radical (unpaired) electrons. The lowest BCUT2D eigenvalue weighted by Gasteiger charge is -2.37. The van der Waals surface area contributed by atoms with Gasteiger partial charge in [0, 0.05) is 38.1 Å². The van der Waals surface area contributed by atoms with Crippen molar-refractivity contribution in [3.05, 3.63) is 94.9 Å². The summed E-state index contributed by atoms with van der Waals surface area (Å²) < 4.78 is 26.9. The van der Waals surface area contributed by atoms with E-state index in [0.717, 1.165) is 86.1 Å². The predicted octanol–water partition coefficient (Wildman–Crippen LogP) is 4.84. The smallest absolute Gasteiger partial charge is 0.258 e. The van der Waals surface area contributed by atoms with Crippen molar-refractivity contribution < 1.29 is 13.6 Å². The number of halogens is 2. The van der Waals surface area contributed by atoms with Gasteiger partial charge in [-0.05, 0) is 73.1 Å². The Labute approximate surface area is 242 Å². The van der Waals surface area contributed by atoms with Crippen LogP contribution in [0.2, 0.25) is 0 Å². The summed E-state index contributed by atoms with van der Waals surface area (Å²) in [6.07, 6.45) is 7.71. The van der Waals surface area contributed by atoms with Crippen molar-refractivity contribution in [2.75, 3.05) is 43.0 Å². The molecule has 7 rings (SSSR count). The van der Waals surface area contributed by atoms with Crippen molar-refractivity contribution in [3.8, 4) is 11.4 Å². The van der Waals surface area contributed by atoms with E-state index in [-0.39, 0.29) is 5.91 Å². The van der Waals surface area contributed by atoms with Crippen LogP contribution in [0.25, 0.3) is 22.3 Å². The molecule has 0 spiro atoms. The van der Waals surface area contributed by atoms with E-state index in [9.17, 15) is 13.6 Å². The molecule has 2 aromatic carbocycles. The third-order valence-electron chi connectivity index (χ3n) is 8.46. The van der Waals surface area contributed by atoms with Crippen LogP contribution in [0.5, 0.6) is 0 Å². The van der Waals surface area contributed by atoms with Crippen molar-refractivity contribution in [2.45, 2.75) is 32.1 Å². The number of amides is 1. The Balaban J connectivity index is 1.10. The number of aromatic nitrogens is 4. The topological polar surface area (TPSA) is 79.2 Å². The number of nitrogens with zero attached hydrogens (tertiary/aromatic N) is 6. The number of hydrogen-bond donors (Lipinski definition) is 1. The maximum Gasteiger partial charge on any atom is 0.258 e. The zero-order chi connectivity index (χ0) is 28.6. The number of nitrogens with one attached hydrogen (secondary N) is 1. The number of piperazine rings is 1. The van der Waals surface area contributed by atoms with Crippen molar-refractivity contribution in [1.82, 2.24) is 24.8 Å². The molecule has 214 valence electrons. The van der Waals surface area contributed by atoms with Gasteiger partial charge in [-0.1, -0.05) is 24.3 Å². The van der Waals surface area contributed by atoms with E-state index in [4.69, 9.17) is 0 Å². The van der Waals surface area contributed by atoms with Gasteiger partial charge in [0.15, 0.2) is 11.6 Å². The number of anilines is 1. The van der Waals surface area contributed by atoms with E-state index in [1.165, 1.54) is 24.0 Å². The van der Waals surface area contributed by atoms with Gasteiger partial charge in [-0.3, -0.25) is 19.7 Å². The number of rotatable bonds is 6. The summed E-state index contributed by atoms with van der Waals surface area (Å²) >= 11 is 0. The molecule has 2 aliphatic carbocycles. The lowest BCUT2D eigenvalue weighted by molar-refractivity contribution is 0.102. The Morgan fingerprint density at radius 1 is 0.905 bits per heavy atom. The fourth-order valence-electron chi connectivity index (χ4n) is 6.30. The average Bonchev–Trinajstić information content (AvgIpc) is 3.37. The van der Waals surface area contributed by atoms with Gasteiger partial charge >= 0.3 is 0 Å². The van der Waals surface area contributed by atoms with E-state index in [1.54, 1.807) is 12.3 Å². The van der Waals surface area contributed by atoms with Gasteiger partial charge in [0.1, 0.15) is 17.7 Å². The quantitative estimate of drug-likeness (QED) is 0.317. The number of carbonyl (C=O) groups excluding carboxylic acids is 1. The Hall–Kier alpha value is -4.44. The highest BCUT2D eigenvalue weighted by Gasteiger charge is 2.34. The minimum atomic E-state index is -0.818. The average molecular weight is 568 g/mol. The first kappa shape index (κ1) is 26.5. The van der Waals surface area contributed by atoms with Crippen molar-refractivity contribution >= 4 is 22.5 Å². The van der Waals surface area contributed by atoms with Gasteiger partial charge in [0.25, 0.3) is 5.91 Å². The van der Waals surface area contributed by atoms with Gasteiger partial charge in [-0.15, -0.1) is 5.10 Å². The van der Waals surface area contributed by atoms with E-state index < -0.39 is 11.6 Å². The van der Waals surface area contributed by atoms with Crippen LogP contribution in [0.4, 0.5) is 14.5 Å². The van der Waals surface area contributed by atoms with E-state index in [0.29, 0.717) is 23.4 Å². The lowest BCUT2D eigenvalue weighted by atomic mass is 9.93. The maximum absolute atomic E-state index is 13.8. The van der Waals surface area contributed by atoms with Crippen molar-refractivity contribution in [3.63, 3.8) is 0 Å². The number of para-hydroxylation sites is 1. The molecule has 1 N–H and O–H groups in total. The molecule has 42 heavy (non-hydrogen) atoms. The second kappa shape index (κ2) is 11.1. The Morgan fingerprint density at radius 3 is 2.55 bits per heavy atom. The first-order chi connectivity index (χ1) is 20.5. The van der Waals surface area contributed by atoms with Crippen LogP contribution in [0, 0.1) is 11.6 Å². The van der Waals surface area contributed by atoms with Gasteiger partial charge in [-0.2, -0.15) is 4.79 Å². The zero-order valence-corrected chi connectivity index (χ0v) is 23.2. The highest BCUT2D eigenvalue weighted by atomic mass is 19.2. The van der Waals surface area contributed by atoms with Crippen LogP contribution in [-0.4, -0.2) is 63.4 Å². The fraction of sp³-hybridized carbons (Fsp3) is 0.312. The Morgan fingerprint density at radius 2 is 1.71 bits per heavy atom. The molecular weight excluding hydrogens is 536 g/mol. The third-order valence-corrected chi connectivity index (χ3v) is 8.46. The zero-order valence-electron chi connectivity index (χ0n) is 23.2. The molecule has 0 bridgehead atoms. The summed E-state index contributed by atoms with van der Waals surface area (Å²) in [5.74, 6) is -1.80. The molecular formula is C32H31F2N7O. The summed E-state index contributed by atoms with van der Waals surface area (Å²) in [7, 11) is 0. The molecule has 0 unspecified atom stereocenters.